The average molecular weight is 271 g/mol. The summed E-state index contributed by atoms with van der Waals surface area (Å²) in [5, 5.41) is 5.88. The van der Waals surface area contributed by atoms with Crippen molar-refractivity contribution in [2.24, 2.45) is 0 Å². The quantitative estimate of drug-likeness (QED) is 0.745. The summed E-state index contributed by atoms with van der Waals surface area (Å²) >= 11 is 0. The zero-order chi connectivity index (χ0) is 13.6. The number of piperazine rings is 1. The molecule has 1 fully saturated rings. The fraction of sp³-hybridized carbons (Fsp3) is 0.417. The van der Waals surface area contributed by atoms with Gasteiger partial charge in [0.1, 0.15) is 6.17 Å². The number of benzene rings is 1. The predicted octanol–water partition coefficient (Wildman–Crippen LogP) is 1.18. The minimum atomic E-state index is -4.40. The van der Waals surface area contributed by atoms with Crippen LogP contribution >= 0.6 is 0 Å². The molecule has 2 aliphatic rings. The molecule has 1 amide bonds. The lowest BCUT2D eigenvalue weighted by atomic mass is 10.0. The molecule has 0 spiro atoms. The standard InChI is InChI=1S/C12H12F3N3O/c13-12(14,15)7-1-2-8-9(5-7)18-4-3-16-6-10(18)17-11(8)19/h1-2,5,10,16H,3-4,6H2,(H,17,19)/t10-/m0/s1. The molecule has 0 aromatic heterocycles. The van der Waals surface area contributed by atoms with E-state index >= 15 is 0 Å². The molecule has 1 atom stereocenters. The normalized spacial score (nSPS) is 22.6. The van der Waals surface area contributed by atoms with Gasteiger partial charge in [-0.2, -0.15) is 13.2 Å². The van der Waals surface area contributed by atoms with E-state index in [-0.39, 0.29) is 12.1 Å². The number of fused-ring (bicyclic) bond motifs is 3. The van der Waals surface area contributed by atoms with E-state index in [1.165, 1.54) is 6.07 Å². The second-order valence-corrected chi connectivity index (χ2v) is 4.62. The minimum Gasteiger partial charge on any atom is -0.348 e. The predicted molar refractivity (Wildman–Crippen MR) is 62.9 cm³/mol. The highest BCUT2D eigenvalue weighted by atomic mass is 19.4. The van der Waals surface area contributed by atoms with Crippen LogP contribution in [0.4, 0.5) is 18.9 Å². The fourth-order valence-corrected chi connectivity index (χ4v) is 2.49. The van der Waals surface area contributed by atoms with Gasteiger partial charge in [0.05, 0.1) is 16.8 Å². The minimum absolute atomic E-state index is 0.280. The molecule has 0 unspecified atom stereocenters. The van der Waals surface area contributed by atoms with Crippen LogP contribution in [-0.2, 0) is 6.18 Å². The lowest BCUT2D eigenvalue weighted by Gasteiger charge is -2.42. The van der Waals surface area contributed by atoms with Crippen LogP contribution in [0.2, 0.25) is 0 Å². The van der Waals surface area contributed by atoms with Crippen molar-refractivity contribution in [3.63, 3.8) is 0 Å². The highest BCUT2D eigenvalue weighted by Gasteiger charge is 2.36. The number of hydrogen-bond acceptors (Lipinski definition) is 3. The van der Waals surface area contributed by atoms with Crippen molar-refractivity contribution in [3.8, 4) is 0 Å². The van der Waals surface area contributed by atoms with Crippen LogP contribution in [0.15, 0.2) is 18.2 Å². The molecule has 3 rings (SSSR count). The summed E-state index contributed by atoms with van der Waals surface area (Å²) in [5.74, 6) is -0.325. The first-order valence-corrected chi connectivity index (χ1v) is 5.96. The number of carbonyl (C=O) groups is 1. The Bertz CT molecular complexity index is 529. The van der Waals surface area contributed by atoms with E-state index in [2.05, 4.69) is 10.6 Å². The summed E-state index contributed by atoms with van der Waals surface area (Å²) in [5.41, 5.74) is -0.0607. The molecular weight excluding hydrogens is 259 g/mol. The van der Waals surface area contributed by atoms with E-state index in [9.17, 15) is 18.0 Å². The molecule has 2 N–H and O–H groups in total. The van der Waals surface area contributed by atoms with Crippen molar-refractivity contribution in [3.05, 3.63) is 29.3 Å². The molecule has 1 saturated heterocycles. The Balaban J connectivity index is 2.08. The number of hydrogen-bond donors (Lipinski definition) is 2. The third kappa shape index (κ3) is 2.03. The summed E-state index contributed by atoms with van der Waals surface area (Å²) in [6, 6.07) is 3.25. The van der Waals surface area contributed by atoms with E-state index in [0.717, 1.165) is 12.1 Å². The molecule has 102 valence electrons. The molecule has 1 aromatic carbocycles. The van der Waals surface area contributed by atoms with Crippen LogP contribution in [0, 0.1) is 0 Å². The van der Waals surface area contributed by atoms with Crippen LogP contribution in [0.25, 0.3) is 0 Å². The van der Waals surface area contributed by atoms with Gasteiger partial charge in [-0.05, 0) is 18.2 Å². The largest absolute Gasteiger partial charge is 0.416 e. The second-order valence-electron chi connectivity index (χ2n) is 4.62. The van der Waals surface area contributed by atoms with Crippen LogP contribution in [0.5, 0.6) is 0 Å². The van der Waals surface area contributed by atoms with Gasteiger partial charge < -0.3 is 15.5 Å². The SMILES string of the molecule is O=C1N[C@@H]2CNCCN2c2cc(C(F)(F)F)ccc21. The number of amides is 1. The third-order valence-electron chi connectivity index (χ3n) is 3.42. The number of carbonyl (C=O) groups excluding carboxylic acids is 1. The number of nitrogens with zero attached hydrogens (tertiary/aromatic N) is 1. The zero-order valence-electron chi connectivity index (χ0n) is 9.92. The Hall–Kier alpha value is -1.76. The maximum Gasteiger partial charge on any atom is 0.416 e. The molecule has 0 saturated carbocycles. The summed E-state index contributed by atoms with van der Waals surface area (Å²) in [4.78, 5) is 13.7. The Labute approximate surface area is 107 Å². The molecule has 2 heterocycles. The smallest absolute Gasteiger partial charge is 0.348 e. The molecule has 1 aromatic rings. The number of anilines is 1. The lowest BCUT2D eigenvalue weighted by Crippen LogP contribution is -2.62. The van der Waals surface area contributed by atoms with Gasteiger partial charge in [-0.25, -0.2) is 0 Å². The lowest BCUT2D eigenvalue weighted by molar-refractivity contribution is -0.137. The highest BCUT2D eigenvalue weighted by molar-refractivity contribution is 6.02. The molecule has 19 heavy (non-hydrogen) atoms. The van der Waals surface area contributed by atoms with E-state index in [4.69, 9.17) is 0 Å². The van der Waals surface area contributed by atoms with Crippen molar-refractivity contribution in [2.45, 2.75) is 12.3 Å². The number of rotatable bonds is 0. The van der Waals surface area contributed by atoms with Gasteiger partial charge in [0.2, 0.25) is 0 Å². The Morgan fingerprint density at radius 2 is 2.11 bits per heavy atom. The van der Waals surface area contributed by atoms with Crippen LogP contribution in [0.3, 0.4) is 0 Å². The van der Waals surface area contributed by atoms with Crippen molar-refractivity contribution < 1.29 is 18.0 Å². The van der Waals surface area contributed by atoms with E-state index in [1.807, 2.05) is 4.90 Å². The third-order valence-corrected chi connectivity index (χ3v) is 3.42. The van der Waals surface area contributed by atoms with E-state index < -0.39 is 11.7 Å². The summed E-state index contributed by atoms with van der Waals surface area (Å²) < 4.78 is 38.2. The topological polar surface area (TPSA) is 44.4 Å². The summed E-state index contributed by atoms with van der Waals surface area (Å²) in [7, 11) is 0. The molecule has 0 aliphatic carbocycles. The zero-order valence-corrected chi connectivity index (χ0v) is 9.92. The monoisotopic (exact) mass is 271 g/mol. The van der Waals surface area contributed by atoms with Gasteiger partial charge in [-0.15, -0.1) is 0 Å². The van der Waals surface area contributed by atoms with Gasteiger partial charge >= 0.3 is 6.18 Å². The maximum absolute atomic E-state index is 12.7. The molecular formula is C12H12F3N3O. The van der Waals surface area contributed by atoms with Crippen LogP contribution < -0.4 is 15.5 Å². The van der Waals surface area contributed by atoms with Crippen molar-refractivity contribution in [2.75, 3.05) is 24.5 Å². The van der Waals surface area contributed by atoms with Gasteiger partial charge in [0.25, 0.3) is 5.91 Å². The highest BCUT2D eigenvalue weighted by Crippen LogP contribution is 2.35. The van der Waals surface area contributed by atoms with Gasteiger partial charge in [-0.3, -0.25) is 4.79 Å². The molecule has 2 aliphatic heterocycles. The van der Waals surface area contributed by atoms with E-state index in [1.54, 1.807) is 0 Å². The molecule has 7 heteroatoms. The number of alkyl halides is 3. The number of halogens is 3. The van der Waals surface area contributed by atoms with Crippen LogP contribution in [-0.4, -0.2) is 31.7 Å². The summed E-state index contributed by atoms with van der Waals surface area (Å²) in [6.07, 6.45) is -4.68. The fourth-order valence-electron chi connectivity index (χ4n) is 2.49. The van der Waals surface area contributed by atoms with Gasteiger partial charge in [-0.1, -0.05) is 0 Å². The first-order chi connectivity index (χ1) is 8.97. The van der Waals surface area contributed by atoms with Crippen molar-refractivity contribution in [1.29, 1.82) is 0 Å². The molecule has 0 bridgehead atoms. The summed E-state index contributed by atoms with van der Waals surface area (Å²) in [6.45, 7) is 1.78. The van der Waals surface area contributed by atoms with Crippen molar-refractivity contribution in [1.82, 2.24) is 10.6 Å². The number of nitrogens with one attached hydrogen (secondary N) is 2. The average Bonchev–Trinajstić information content (AvgIpc) is 2.37. The first kappa shape index (κ1) is 12.3. The Morgan fingerprint density at radius 3 is 2.84 bits per heavy atom. The first-order valence-electron chi connectivity index (χ1n) is 5.96. The van der Waals surface area contributed by atoms with E-state index in [0.29, 0.717) is 30.9 Å². The van der Waals surface area contributed by atoms with Crippen molar-refractivity contribution >= 4 is 11.6 Å². The Morgan fingerprint density at radius 1 is 1.32 bits per heavy atom. The van der Waals surface area contributed by atoms with Gasteiger partial charge in [0.15, 0.2) is 0 Å². The molecule has 4 nitrogen and oxygen atoms in total. The van der Waals surface area contributed by atoms with Crippen LogP contribution in [0.1, 0.15) is 15.9 Å². The second kappa shape index (κ2) is 4.12. The van der Waals surface area contributed by atoms with Gasteiger partial charge in [0, 0.05) is 19.6 Å². The molecule has 0 radical (unpaired) electrons. The maximum atomic E-state index is 12.7. The Kier molecular flexibility index (Phi) is 2.67.